The van der Waals surface area contributed by atoms with E-state index >= 15 is 0 Å². The molecule has 0 saturated heterocycles. The summed E-state index contributed by atoms with van der Waals surface area (Å²) < 4.78 is 2.23. The molecular formula is C14H19N3. The van der Waals surface area contributed by atoms with Crippen molar-refractivity contribution in [2.45, 2.75) is 33.0 Å². The molecule has 1 N–H and O–H groups in total. The molecule has 0 aromatic carbocycles. The average molecular weight is 229 g/mol. The third-order valence-electron chi connectivity index (χ3n) is 2.65. The normalized spacial score (nSPS) is 10.6. The molecular weight excluding hydrogens is 210 g/mol. The lowest BCUT2D eigenvalue weighted by molar-refractivity contribution is 0.663. The molecule has 3 heteroatoms. The molecule has 2 aromatic heterocycles. The molecule has 0 fully saturated rings. The Bertz CT molecular complexity index is 434. The van der Waals surface area contributed by atoms with Crippen LogP contribution in [0.25, 0.3) is 0 Å². The molecule has 2 aromatic rings. The van der Waals surface area contributed by atoms with E-state index in [0.717, 1.165) is 25.3 Å². The first kappa shape index (κ1) is 11.9. The molecule has 17 heavy (non-hydrogen) atoms. The Morgan fingerprint density at radius 3 is 2.94 bits per heavy atom. The molecule has 0 spiro atoms. The zero-order valence-electron chi connectivity index (χ0n) is 10.3. The Morgan fingerprint density at radius 2 is 2.18 bits per heavy atom. The summed E-state index contributed by atoms with van der Waals surface area (Å²) in [5.41, 5.74) is 2.41. The van der Waals surface area contributed by atoms with Gasteiger partial charge in [0.15, 0.2) is 0 Å². The van der Waals surface area contributed by atoms with Crippen molar-refractivity contribution in [2.24, 2.45) is 0 Å². The summed E-state index contributed by atoms with van der Waals surface area (Å²) in [5, 5.41) is 3.40. The lowest BCUT2D eigenvalue weighted by Gasteiger charge is -2.02. The zero-order valence-corrected chi connectivity index (χ0v) is 10.3. The van der Waals surface area contributed by atoms with E-state index < -0.39 is 0 Å². The fraction of sp³-hybridized carbons (Fsp3) is 0.357. The van der Waals surface area contributed by atoms with Crippen molar-refractivity contribution in [3.63, 3.8) is 0 Å². The Kier molecular flexibility index (Phi) is 4.33. The zero-order chi connectivity index (χ0) is 11.9. The predicted molar refractivity (Wildman–Crippen MR) is 69.5 cm³/mol. The van der Waals surface area contributed by atoms with E-state index in [2.05, 4.69) is 40.3 Å². The minimum absolute atomic E-state index is 0.819. The van der Waals surface area contributed by atoms with Crippen LogP contribution in [0.1, 0.15) is 24.6 Å². The molecule has 0 unspecified atom stereocenters. The molecule has 0 saturated carbocycles. The molecule has 0 amide bonds. The highest BCUT2D eigenvalue weighted by atomic mass is 14.9. The standard InChI is InChI=1S/C14H19N3/c1-2-8-17-9-6-13(12-17)10-15-11-14-5-3-4-7-16-14/h3-7,9,12,15H,2,8,10-11H2,1H3. The van der Waals surface area contributed by atoms with Crippen molar-refractivity contribution < 1.29 is 0 Å². The molecule has 0 aliphatic heterocycles. The number of hydrogen-bond acceptors (Lipinski definition) is 2. The van der Waals surface area contributed by atoms with E-state index in [0.29, 0.717) is 0 Å². The summed E-state index contributed by atoms with van der Waals surface area (Å²) in [6, 6.07) is 8.16. The van der Waals surface area contributed by atoms with E-state index in [1.54, 1.807) is 0 Å². The third-order valence-corrected chi connectivity index (χ3v) is 2.65. The fourth-order valence-corrected chi connectivity index (χ4v) is 1.83. The maximum Gasteiger partial charge on any atom is 0.0541 e. The Balaban J connectivity index is 1.78. The molecule has 0 radical (unpaired) electrons. The van der Waals surface area contributed by atoms with Crippen molar-refractivity contribution in [3.05, 3.63) is 54.1 Å². The van der Waals surface area contributed by atoms with Crippen LogP contribution in [0.15, 0.2) is 42.9 Å². The third kappa shape index (κ3) is 3.71. The number of rotatable bonds is 6. The van der Waals surface area contributed by atoms with Crippen LogP contribution in [0, 0.1) is 0 Å². The SMILES string of the molecule is CCCn1ccc(CNCc2ccccn2)c1. The first-order valence-corrected chi connectivity index (χ1v) is 6.14. The molecule has 0 atom stereocenters. The first-order valence-electron chi connectivity index (χ1n) is 6.14. The molecule has 3 nitrogen and oxygen atoms in total. The topological polar surface area (TPSA) is 29.9 Å². The quantitative estimate of drug-likeness (QED) is 0.825. The van der Waals surface area contributed by atoms with Crippen molar-refractivity contribution in [3.8, 4) is 0 Å². The van der Waals surface area contributed by atoms with Gasteiger partial charge in [0.25, 0.3) is 0 Å². The predicted octanol–water partition coefficient (Wildman–Crippen LogP) is 2.58. The Hall–Kier alpha value is -1.61. The van der Waals surface area contributed by atoms with Crippen LogP contribution >= 0.6 is 0 Å². The molecule has 90 valence electrons. The minimum atomic E-state index is 0.819. The van der Waals surface area contributed by atoms with Gasteiger partial charge < -0.3 is 9.88 Å². The number of nitrogens with one attached hydrogen (secondary N) is 1. The lowest BCUT2D eigenvalue weighted by atomic mass is 10.3. The Labute approximate surface area is 103 Å². The van der Waals surface area contributed by atoms with Crippen LogP contribution in [0.5, 0.6) is 0 Å². The molecule has 0 bridgehead atoms. The van der Waals surface area contributed by atoms with Gasteiger partial charge in [-0.1, -0.05) is 13.0 Å². The van der Waals surface area contributed by atoms with Gasteiger partial charge in [0, 0.05) is 38.2 Å². The van der Waals surface area contributed by atoms with Crippen molar-refractivity contribution in [1.82, 2.24) is 14.9 Å². The van der Waals surface area contributed by atoms with E-state index in [1.165, 1.54) is 12.0 Å². The van der Waals surface area contributed by atoms with Crippen molar-refractivity contribution >= 4 is 0 Å². The van der Waals surface area contributed by atoms with Gasteiger partial charge in [-0.15, -0.1) is 0 Å². The number of pyridine rings is 1. The smallest absolute Gasteiger partial charge is 0.0541 e. The van der Waals surface area contributed by atoms with Gasteiger partial charge >= 0.3 is 0 Å². The second-order valence-electron chi connectivity index (χ2n) is 4.18. The highest BCUT2D eigenvalue weighted by Gasteiger charge is 1.97. The number of nitrogens with zero attached hydrogens (tertiary/aromatic N) is 2. The van der Waals surface area contributed by atoms with E-state index in [-0.39, 0.29) is 0 Å². The van der Waals surface area contributed by atoms with Gasteiger partial charge in [-0.2, -0.15) is 0 Å². The van der Waals surface area contributed by atoms with Crippen LogP contribution in [0.3, 0.4) is 0 Å². The highest BCUT2D eigenvalue weighted by molar-refractivity contribution is 5.10. The summed E-state index contributed by atoms with van der Waals surface area (Å²) in [4.78, 5) is 4.28. The van der Waals surface area contributed by atoms with E-state index in [9.17, 15) is 0 Å². The highest BCUT2D eigenvalue weighted by Crippen LogP contribution is 2.02. The van der Waals surface area contributed by atoms with Crippen LogP contribution in [0.4, 0.5) is 0 Å². The second-order valence-corrected chi connectivity index (χ2v) is 4.18. The summed E-state index contributed by atoms with van der Waals surface area (Å²) in [7, 11) is 0. The van der Waals surface area contributed by atoms with E-state index in [4.69, 9.17) is 0 Å². The van der Waals surface area contributed by atoms with E-state index in [1.807, 2.05) is 24.4 Å². The summed E-state index contributed by atoms with van der Waals surface area (Å²) in [5.74, 6) is 0. The number of aromatic nitrogens is 2. The Morgan fingerprint density at radius 1 is 1.24 bits per heavy atom. The number of aryl methyl sites for hydroxylation is 1. The average Bonchev–Trinajstić information content (AvgIpc) is 2.79. The second kappa shape index (κ2) is 6.21. The van der Waals surface area contributed by atoms with Gasteiger partial charge in [-0.05, 0) is 30.2 Å². The molecule has 2 rings (SSSR count). The van der Waals surface area contributed by atoms with Gasteiger partial charge in [0.1, 0.15) is 0 Å². The molecule has 2 heterocycles. The molecule has 0 aliphatic carbocycles. The summed E-state index contributed by atoms with van der Waals surface area (Å²) in [6.45, 7) is 5.01. The van der Waals surface area contributed by atoms with Crippen molar-refractivity contribution in [2.75, 3.05) is 0 Å². The summed E-state index contributed by atoms with van der Waals surface area (Å²) >= 11 is 0. The van der Waals surface area contributed by atoms with Gasteiger partial charge in [0.05, 0.1) is 5.69 Å². The largest absolute Gasteiger partial charge is 0.354 e. The van der Waals surface area contributed by atoms with Crippen LogP contribution in [-0.4, -0.2) is 9.55 Å². The summed E-state index contributed by atoms with van der Waals surface area (Å²) in [6.07, 6.45) is 7.35. The first-order chi connectivity index (χ1) is 8.38. The maximum atomic E-state index is 4.28. The minimum Gasteiger partial charge on any atom is -0.354 e. The maximum absolute atomic E-state index is 4.28. The van der Waals surface area contributed by atoms with Gasteiger partial charge in [-0.3, -0.25) is 4.98 Å². The van der Waals surface area contributed by atoms with Crippen LogP contribution < -0.4 is 5.32 Å². The lowest BCUT2D eigenvalue weighted by Crippen LogP contribution is -2.13. The van der Waals surface area contributed by atoms with Gasteiger partial charge in [0.2, 0.25) is 0 Å². The number of hydrogen-bond donors (Lipinski definition) is 1. The van der Waals surface area contributed by atoms with Crippen molar-refractivity contribution in [1.29, 1.82) is 0 Å². The monoisotopic (exact) mass is 229 g/mol. The molecule has 0 aliphatic rings. The van der Waals surface area contributed by atoms with Crippen LogP contribution in [0.2, 0.25) is 0 Å². The van der Waals surface area contributed by atoms with Crippen LogP contribution in [-0.2, 0) is 19.6 Å². The van der Waals surface area contributed by atoms with Gasteiger partial charge in [-0.25, -0.2) is 0 Å². The fourth-order valence-electron chi connectivity index (χ4n) is 1.83.